The third-order valence-corrected chi connectivity index (χ3v) is 2.27. The molecule has 2 N–H and O–H groups in total. The van der Waals surface area contributed by atoms with Gasteiger partial charge in [0.1, 0.15) is 0 Å². The Kier molecular flexibility index (Phi) is 2.33. The molecule has 0 bridgehead atoms. The maximum Gasteiger partial charge on any atom is 0.158 e. The smallest absolute Gasteiger partial charge is 0.158 e. The SMILES string of the molecule is Cc1ccccc1-c1cnoc1CN. The Balaban J connectivity index is 2.54. The van der Waals surface area contributed by atoms with E-state index in [4.69, 9.17) is 10.3 Å². The van der Waals surface area contributed by atoms with Crippen molar-refractivity contribution in [3.8, 4) is 11.1 Å². The summed E-state index contributed by atoms with van der Waals surface area (Å²) in [4.78, 5) is 0. The molecule has 0 saturated heterocycles. The van der Waals surface area contributed by atoms with Gasteiger partial charge in [0.15, 0.2) is 5.76 Å². The third-order valence-electron chi connectivity index (χ3n) is 2.27. The fraction of sp³-hybridized carbons (Fsp3) is 0.182. The van der Waals surface area contributed by atoms with E-state index in [1.807, 2.05) is 18.2 Å². The van der Waals surface area contributed by atoms with E-state index < -0.39 is 0 Å². The largest absolute Gasteiger partial charge is 0.359 e. The van der Waals surface area contributed by atoms with E-state index in [2.05, 4.69) is 18.1 Å². The highest BCUT2D eigenvalue weighted by atomic mass is 16.5. The summed E-state index contributed by atoms with van der Waals surface area (Å²) in [5.74, 6) is 0.735. The van der Waals surface area contributed by atoms with Gasteiger partial charge in [-0.05, 0) is 18.1 Å². The Bertz CT molecular complexity index is 434. The number of hydrogen-bond donors (Lipinski definition) is 1. The van der Waals surface area contributed by atoms with Crippen LogP contribution in [0.4, 0.5) is 0 Å². The molecule has 0 unspecified atom stereocenters. The van der Waals surface area contributed by atoms with Crippen LogP contribution in [0.15, 0.2) is 35.0 Å². The van der Waals surface area contributed by atoms with E-state index >= 15 is 0 Å². The number of aromatic nitrogens is 1. The lowest BCUT2D eigenvalue weighted by atomic mass is 10.0. The Morgan fingerprint density at radius 2 is 2.07 bits per heavy atom. The van der Waals surface area contributed by atoms with Crippen LogP contribution in [0.2, 0.25) is 0 Å². The second-order valence-corrected chi connectivity index (χ2v) is 3.18. The highest BCUT2D eigenvalue weighted by Crippen LogP contribution is 2.25. The van der Waals surface area contributed by atoms with E-state index in [1.54, 1.807) is 6.20 Å². The molecule has 2 aromatic rings. The van der Waals surface area contributed by atoms with Crippen molar-refractivity contribution >= 4 is 0 Å². The maximum absolute atomic E-state index is 5.55. The van der Waals surface area contributed by atoms with Crippen LogP contribution >= 0.6 is 0 Å². The summed E-state index contributed by atoms with van der Waals surface area (Å²) in [6, 6.07) is 8.10. The molecule has 0 atom stereocenters. The van der Waals surface area contributed by atoms with Crippen molar-refractivity contribution in [2.75, 3.05) is 0 Å². The molecule has 0 aliphatic carbocycles. The first-order valence-electron chi connectivity index (χ1n) is 4.52. The van der Waals surface area contributed by atoms with Gasteiger partial charge in [-0.2, -0.15) is 0 Å². The number of benzene rings is 1. The predicted octanol–water partition coefficient (Wildman–Crippen LogP) is 2.11. The van der Waals surface area contributed by atoms with Crippen molar-refractivity contribution in [2.24, 2.45) is 5.73 Å². The highest BCUT2D eigenvalue weighted by Gasteiger charge is 2.09. The molecule has 72 valence electrons. The number of aryl methyl sites for hydroxylation is 1. The average molecular weight is 188 g/mol. The molecular formula is C11H12N2O. The Labute approximate surface area is 82.5 Å². The molecule has 0 saturated carbocycles. The van der Waals surface area contributed by atoms with Gasteiger partial charge in [0.25, 0.3) is 0 Å². The van der Waals surface area contributed by atoms with Crippen molar-refractivity contribution in [3.63, 3.8) is 0 Å². The zero-order chi connectivity index (χ0) is 9.97. The minimum absolute atomic E-state index is 0.379. The van der Waals surface area contributed by atoms with Crippen LogP contribution in [0.1, 0.15) is 11.3 Å². The zero-order valence-electron chi connectivity index (χ0n) is 8.03. The molecule has 2 rings (SSSR count). The minimum Gasteiger partial charge on any atom is -0.359 e. The van der Waals surface area contributed by atoms with Gasteiger partial charge >= 0.3 is 0 Å². The number of nitrogens with two attached hydrogens (primary N) is 1. The van der Waals surface area contributed by atoms with Crippen LogP contribution in [-0.2, 0) is 6.54 Å². The van der Waals surface area contributed by atoms with Crippen molar-refractivity contribution in [1.29, 1.82) is 0 Å². The maximum atomic E-state index is 5.55. The summed E-state index contributed by atoms with van der Waals surface area (Å²) in [5, 5.41) is 3.76. The molecule has 14 heavy (non-hydrogen) atoms. The second kappa shape index (κ2) is 3.64. The normalized spacial score (nSPS) is 10.4. The van der Waals surface area contributed by atoms with Gasteiger partial charge < -0.3 is 10.3 Å². The van der Waals surface area contributed by atoms with E-state index in [9.17, 15) is 0 Å². The van der Waals surface area contributed by atoms with Crippen LogP contribution in [-0.4, -0.2) is 5.16 Å². The number of rotatable bonds is 2. The van der Waals surface area contributed by atoms with Crippen LogP contribution in [0.25, 0.3) is 11.1 Å². The van der Waals surface area contributed by atoms with Gasteiger partial charge in [-0.1, -0.05) is 29.4 Å². The average Bonchev–Trinajstić information content (AvgIpc) is 2.66. The number of nitrogens with zero attached hydrogens (tertiary/aromatic N) is 1. The summed E-state index contributed by atoms with van der Waals surface area (Å²) >= 11 is 0. The van der Waals surface area contributed by atoms with Crippen molar-refractivity contribution < 1.29 is 4.52 Å². The van der Waals surface area contributed by atoms with Gasteiger partial charge in [-0.25, -0.2) is 0 Å². The molecule has 1 heterocycles. The summed E-state index contributed by atoms with van der Waals surface area (Å²) in [6.07, 6.45) is 1.71. The van der Waals surface area contributed by atoms with Gasteiger partial charge in [0, 0.05) is 5.56 Å². The molecule has 0 aliphatic heterocycles. The monoisotopic (exact) mass is 188 g/mol. The van der Waals surface area contributed by atoms with E-state index in [0.717, 1.165) is 16.9 Å². The molecule has 0 radical (unpaired) electrons. The van der Waals surface area contributed by atoms with Crippen molar-refractivity contribution in [2.45, 2.75) is 13.5 Å². The van der Waals surface area contributed by atoms with Crippen LogP contribution in [0.3, 0.4) is 0 Å². The lowest BCUT2D eigenvalue weighted by molar-refractivity contribution is 0.385. The van der Waals surface area contributed by atoms with Crippen LogP contribution in [0.5, 0.6) is 0 Å². The first-order valence-corrected chi connectivity index (χ1v) is 4.52. The Hall–Kier alpha value is -1.61. The first-order chi connectivity index (χ1) is 6.83. The van der Waals surface area contributed by atoms with Crippen molar-refractivity contribution in [1.82, 2.24) is 5.16 Å². The molecule has 1 aromatic carbocycles. The standard InChI is InChI=1S/C11H12N2O/c1-8-4-2-3-5-9(8)10-7-13-14-11(10)6-12/h2-5,7H,6,12H2,1H3. The minimum atomic E-state index is 0.379. The predicted molar refractivity (Wildman–Crippen MR) is 54.6 cm³/mol. The molecule has 1 aromatic heterocycles. The van der Waals surface area contributed by atoms with E-state index in [-0.39, 0.29) is 0 Å². The third kappa shape index (κ3) is 1.42. The fourth-order valence-electron chi connectivity index (χ4n) is 1.51. The quantitative estimate of drug-likeness (QED) is 0.785. The summed E-state index contributed by atoms with van der Waals surface area (Å²) in [5.41, 5.74) is 8.87. The summed E-state index contributed by atoms with van der Waals surface area (Å²) in [6.45, 7) is 2.44. The van der Waals surface area contributed by atoms with Crippen LogP contribution in [0, 0.1) is 6.92 Å². The topological polar surface area (TPSA) is 52.0 Å². The Morgan fingerprint density at radius 3 is 2.79 bits per heavy atom. The van der Waals surface area contributed by atoms with Gasteiger partial charge in [-0.15, -0.1) is 0 Å². The highest BCUT2D eigenvalue weighted by molar-refractivity contribution is 5.67. The van der Waals surface area contributed by atoms with Gasteiger partial charge in [0.05, 0.1) is 12.7 Å². The molecule has 0 aliphatic rings. The molecule has 3 heteroatoms. The fourth-order valence-corrected chi connectivity index (χ4v) is 1.51. The van der Waals surface area contributed by atoms with E-state index in [1.165, 1.54) is 5.56 Å². The summed E-state index contributed by atoms with van der Waals surface area (Å²) < 4.78 is 5.05. The second-order valence-electron chi connectivity index (χ2n) is 3.18. The lowest BCUT2D eigenvalue weighted by Gasteiger charge is -2.02. The number of hydrogen-bond acceptors (Lipinski definition) is 3. The molecule has 3 nitrogen and oxygen atoms in total. The van der Waals surface area contributed by atoms with Gasteiger partial charge in [-0.3, -0.25) is 0 Å². The van der Waals surface area contributed by atoms with Gasteiger partial charge in [0.2, 0.25) is 0 Å². The van der Waals surface area contributed by atoms with Crippen molar-refractivity contribution in [3.05, 3.63) is 41.8 Å². The molecular weight excluding hydrogens is 176 g/mol. The lowest BCUT2D eigenvalue weighted by Crippen LogP contribution is -1.96. The molecule has 0 amide bonds. The zero-order valence-corrected chi connectivity index (χ0v) is 8.03. The Morgan fingerprint density at radius 1 is 1.29 bits per heavy atom. The van der Waals surface area contributed by atoms with Crippen LogP contribution < -0.4 is 5.73 Å². The summed E-state index contributed by atoms with van der Waals surface area (Å²) in [7, 11) is 0. The molecule has 0 spiro atoms. The first kappa shape index (κ1) is 8.97. The molecule has 0 fully saturated rings. The van der Waals surface area contributed by atoms with E-state index in [0.29, 0.717) is 6.54 Å².